The summed E-state index contributed by atoms with van der Waals surface area (Å²) >= 11 is 6.79. The maximum absolute atomic E-state index is 10.9. The smallest absolute Gasteiger partial charge is 0.320 e. The zero-order chi connectivity index (χ0) is 17.2. The van der Waals surface area contributed by atoms with E-state index in [2.05, 4.69) is 67.8 Å². The Morgan fingerprint density at radius 3 is 2.48 bits per heavy atom. The molecule has 0 fully saturated rings. The number of phenolic OH excluding ortho intramolecular Hbond substituents is 1. The molecule has 1 atom stereocenters. The number of aliphatic carboxylic acids is 1. The molecule has 5 nitrogen and oxygen atoms in total. The van der Waals surface area contributed by atoms with Crippen molar-refractivity contribution in [2.45, 2.75) is 20.3 Å². The molecule has 0 saturated heterocycles. The Bertz CT molecular complexity index is 668. The first-order chi connectivity index (χ1) is 10.7. The van der Waals surface area contributed by atoms with Crippen molar-refractivity contribution >= 4 is 73.7 Å². The lowest BCUT2D eigenvalue weighted by Crippen LogP contribution is -2.32. The number of carboxylic acid groups (broad SMARTS) is 1. The number of nitrogens with two attached hydrogens (primary N) is 1. The maximum atomic E-state index is 10.9. The van der Waals surface area contributed by atoms with Gasteiger partial charge in [-0.3, -0.25) is 4.79 Å². The second kappa shape index (κ2) is 7.87. The summed E-state index contributed by atoms with van der Waals surface area (Å²) in [6.45, 7) is 0. The summed E-state index contributed by atoms with van der Waals surface area (Å²) in [6.07, 6.45) is 2.92. The number of phenols is 1. The number of carboxylic acids is 1. The Balaban J connectivity index is 2.25. The van der Waals surface area contributed by atoms with Crippen LogP contribution in [0.2, 0.25) is 0 Å². The zero-order valence-electron chi connectivity index (χ0n) is 11.8. The Hall–Kier alpha value is -0.0800. The number of rotatable bonds is 5. The molecule has 0 saturated carbocycles. The predicted octanol–water partition coefficient (Wildman–Crippen LogP) is 4.12. The van der Waals surface area contributed by atoms with E-state index >= 15 is 0 Å². The molecule has 8 heteroatoms. The van der Waals surface area contributed by atoms with Gasteiger partial charge >= 0.3 is 5.97 Å². The first kappa shape index (κ1) is 19.2. The van der Waals surface area contributed by atoms with Crippen LogP contribution in [-0.4, -0.2) is 23.7 Å². The van der Waals surface area contributed by atoms with Gasteiger partial charge in [0.1, 0.15) is 24.7 Å². The molecule has 0 amide bonds. The van der Waals surface area contributed by atoms with E-state index in [1.807, 2.05) is 6.08 Å². The molecular formula is C15H14I3NO4. The van der Waals surface area contributed by atoms with Gasteiger partial charge in [-0.2, -0.15) is 0 Å². The van der Waals surface area contributed by atoms with Crippen LogP contribution in [0.1, 0.15) is 12.8 Å². The highest BCUT2D eigenvalue weighted by atomic mass is 127. The molecule has 23 heavy (non-hydrogen) atoms. The largest absolute Gasteiger partial charge is 0.508 e. The Morgan fingerprint density at radius 1 is 1.35 bits per heavy atom. The molecule has 1 aromatic carbocycles. The molecule has 0 radical (unpaired) electrons. The monoisotopic (exact) mass is 653 g/mol. The van der Waals surface area contributed by atoms with E-state index in [4.69, 9.17) is 15.6 Å². The third kappa shape index (κ3) is 5.19. The number of alkyl halides is 2. The lowest BCUT2D eigenvalue weighted by atomic mass is 9.97. The van der Waals surface area contributed by atoms with E-state index in [1.165, 1.54) is 0 Å². The summed E-state index contributed by atoms with van der Waals surface area (Å²) in [6, 6.07) is 5.65. The predicted molar refractivity (Wildman–Crippen MR) is 113 cm³/mol. The van der Waals surface area contributed by atoms with Crippen molar-refractivity contribution in [3.05, 3.63) is 45.3 Å². The number of aromatic hydroxyl groups is 1. The number of hydrogen-bond donors (Lipinski definition) is 3. The topological polar surface area (TPSA) is 92.8 Å². The van der Waals surface area contributed by atoms with Gasteiger partial charge in [0.15, 0.2) is 0 Å². The Labute approximate surface area is 174 Å². The van der Waals surface area contributed by atoms with Gasteiger partial charge in [0.25, 0.3) is 0 Å². The quantitative estimate of drug-likeness (QED) is 0.329. The second-order valence-electron chi connectivity index (χ2n) is 5.11. The van der Waals surface area contributed by atoms with Crippen LogP contribution in [0.5, 0.6) is 11.5 Å². The van der Waals surface area contributed by atoms with Crippen molar-refractivity contribution in [2.24, 2.45) is 5.73 Å². The maximum Gasteiger partial charge on any atom is 0.320 e. The van der Waals surface area contributed by atoms with E-state index in [-0.39, 0.29) is 7.18 Å². The molecule has 124 valence electrons. The fourth-order valence-electron chi connectivity index (χ4n) is 2.09. The van der Waals surface area contributed by atoms with E-state index in [0.717, 1.165) is 14.9 Å². The van der Waals surface area contributed by atoms with E-state index in [1.54, 1.807) is 24.3 Å². The first-order valence-corrected chi connectivity index (χ1v) is 9.85. The molecular weight excluding hydrogens is 639 g/mol. The minimum absolute atomic E-state index is 0.185. The molecule has 2 rings (SSSR count). The van der Waals surface area contributed by atoms with E-state index in [0.29, 0.717) is 18.6 Å². The Morgan fingerprint density at radius 2 is 1.96 bits per heavy atom. The van der Waals surface area contributed by atoms with Crippen molar-refractivity contribution in [2.75, 3.05) is 0 Å². The molecule has 0 spiro atoms. The normalized spacial score (nSPS) is 18.3. The highest BCUT2D eigenvalue weighted by Crippen LogP contribution is 2.48. The summed E-state index contributed by atoms with van der Waals surface area (Å²) in [5.41, 5.74) is 6.63. The molecule has 0 aliphatic heterocycles. The van der Waals surface area contributed by atoms with Crippen molar-refractivity contribution in [3.63, 3.8) is 0 Å². The van der Waals surface area contributed by atoms with Gasteiger partial charge in [0, 0.05) is 0 Å². The van der Waals surface area contributed by atoms with Crippen LogP contribution >= 0.6 is 67.8 Å². The highest BCUT2D eigenvalue weighted by molar-refractivity contribution is 14.2. The van der Waals surface area contributed by atoms with Crippen LogP contribution < -0.4 is 10.5 Å². The lowest BCUT2D eigenvalue weighted by Gasteiger charge is -2.30. The SMILES string of the molecule is N[C@H](CC1=CC(I)=C(Oc2ccc(O)cc2)C(I)(I)C1)C(=O)O. The minimum atomic E-state index is -0.997. The fraction of sp³-hybridized carbons (Fsp3) is 0.267. The second-order valence-corrected chi connectivity index (χ2v) is 12.0. The van der Waals surface area contributed by atoms with E-state index in [9.17, 15) is 9.90 Å². The molecule has 1 aromatic rings. The zero-order valence-corrected chi connectivity index (χ0v) is 18.3. The van der Waals surface area contributed by atoms with Crippen LogP contribution in [0, 0.1) is 0 Å². The molecule has 0 heterocycles. The number of benzene rings is 1. The van der Waals surface area contributed by atoms with Crippen LogP contribution in [0.3, 0.4) is 0 Å². The van der Waals surface area contributed by atoms with Gasteiger partial charge in [-0.15, -0.1) is 0 Å². The third-order valence-corrected chi connectivity index (χ3v) is 5.73. The summed E-state index contributed by atoms with van der Waals surface area (Å²) in [5, 5.41) is 18.3. The summed E-state index contributed by atoms with van der Waals surface area (Å²) in [7, 11) is 0. The number of carbonyl (C=O) groups is 1. The van der Waals surface area contributed by atoms with Crippen LogP contribution in [0.4, 0.5) is 0 Å². The van der Waals surface area contributed by atoms with Gasteiger partial charge in [-0.1, -0.05) is 50.8 Å². The first-order valence-electron chi connectivity index (χ1n) is 6.62. The van der Waals surface area contributed by atoms with Crippen molar-refractivity contribution < 1.29 is 19.7 Å². The minimum Gasteiger partial charge on any atom is -0.508 e. The number of hydrogen-bond acceptors (Lipinski definition) is 4. The third-order valence-electron chi connectivity index (χ3n) is 3.18. The van der Waals surface area contributed by atoms with Crippen molar-refractivity contribution in [1.82, 2.24) is 0 Å². The van der Waals surface area contributed by atoms with Gasteiger partial charge < -0.3 is 20.7 Å². The van der Waals surface area contributed by atoms with Crippen molar-refractivity contribution in [1.29, 1.82) is 0 Å². The van der Waals surface area contributed by atoms with Gasteiger partial charge in [0.05, 0.1) is 3.58 Å². The fourth-order valence-corrected chi connectivity index (χ4v) is 5.92. The summed E-state index contributed by atoms with van der Waals surface area (Å²) < 4.78 is 6.58. The highest BCUT2D eigenvalue weighted by Gasteiger charge is 2.37. The Kier molecular flexibility index (Phi) is 6.58. The van der Waals surface area contributed by atoms with Crippen LogP contribution in [-0.2, 0) is 4.79 Å². The van der Waals surface area contributed by atoms with E-state index < -0.39 is 12.0 Å². The van der Waals surface area contributed by atoms with Crippen LogP contribution in [0.15, 0.2) is 45.3 Å². The average molecular weight is 653 g/mol. The number of halogens is 3. The standard InChI is InChI=1S/C15H14I3NO4/c16-11-5-8(6-12(19)14(21)22)7-15(17,18)13(11)23-10-3-1-9(20)2-4-10/h1-5,12,20H,6-7,19H2,(H,21,22)/t12-/m1/s1. The van der Waals surface area contributed by atoms with Crippen LogP contribution in [0.25, 0.3) is 0 Å². The molecule has 1 aliphatic carbocycles. The van der Waals surface area contributed by atoms with Gasteiger partial charge in [-0.05, 0) is 65.8 Å². The van der Waals surface area contributed by atoms with Gasteiger partial charge in [0.2, 0.25) is 0 Å². The number of allylic oxidation sites excluding steroid dienone is 3. The molecule has 1 aliphatic rings. The molecule has 0 unspecified atom stereocenters. The van der Waals surface area contributed by atoms with Crippen molar-refractivity contribution in [3.8, 4) is 11.5 Å². The molecule has 0 aromatic heterocycles. The lowest BCUT2D eigenvalue weighted by molar-refractivity contribution is -0.138. The molecule has 0 bridgehead atoms. The summed E-state index contributed by atoms with van der Waals surface area (Å²) in [4.78, 5) is 10.9. The molecule has 4 N–H and O–H groups in total. The average Bonchev–Trinajstić information content (AvgIpc) is 2.44. The number of ether oxygens (including phenoxy) is 1. The summed E-state index contributed by atoms with van der Waals surface area (Å²) in [5.74, 6) is 0.634. The van der Waals surface area contributed by atoms with Gasteiger partial charge in [-0.25, -0.2) is 0 Å².